The normalized spacial score (nSPS) is 14.7. The molecule has 0 aliphatic heterocycles. The van der Waals surface area contributed by atoms with Crippen molar-refractivity contribution in [3.63, 3.8) is 0 Å². The monoisotopic (exact) mass is 590 g/mol. The smallest absolute Gasteiger partial charge is 0.0713 e. The van der Waals surface area contributed by atoms with Crippen LogP contribution in [0.15, 0.2) is 199 Å². The molecule has 0 N–H and O–H groups in total. The quantitative estimate of drug-likeness (QED) is 0.135. The van der Waals surface area contributed by atoms with Crippen LogP contribution < -0.4 is 15.6 Å². The largest absolute Gasteiger partial charge is 0.175 e. The van der Waals surface area contributed by atoms with E-state index in [-0.39, 0.29) is 0 Å². The van der Waals surface area contributed by atoms with Gasteiger partial charge in [-0.1, -0.05) is 188 Å². The topological polar surface area (TPSA) is 0 Å². The fourth-order valence-electron chi connectivity index (χ4n) is 7.92. The molecule has 8 rings (SSSR count). The molecule has 45 heavy (non-hydrogen) atoms. The second-order valence-electron chi connectivity index (χ2n) is 11.9. The van der Waals surface area contributed by atoms with Gasteiger partial charge in [0.2, 0.25) is 0 Å². The number of fused-ring (bicyclic) bond motifs is 3. The molecule has 0 saturated carbocycles. The van der Waals surface area contributed by atoms with Crippen molar-refractivity contribution in [2.45, 2.75) is 11.8 Å². The molecule has 0 saturated heterocycles. The molecule has 2 aliphatic carbocycles. The number of rotatable bonds is 6. The predicted octanol–water partition coefficient (Wildman–Crippen LogP) is 8.50. The van der Waals surface area contributed by atoms with Crippen LogP contribution in [0.1, 0.15) is 28.7 Å². The Kier molecular flexibility index (Phi) is 6.89. The highest BCUT2D eigenvalue weighted by Crippen LogP contribution is 2.55. The Morgan fingerprint density at radius 1 is 0.422 bits per heavy atom. The van der Waals surface area contributed by atoms with Crippen LogP contribution in [0.25, 0.3) is 11.1 Å². The van der Waals surface area contributed by atoms with Crippen molar-refractivity contribution in [3.05, 3.63) is 222 Å². The molecule has 6 aromatic carbocycles. The Hall–Kier alpha value is -5.24. The van der Waals surface area contributed by atoms with Crippen molar-refractivity contribution in [1.82, 2.24) is 0 Å². The molecule has 0 aromatic heterocycles. The van der Waals surface area contributed by atoms with Gasteiger partial charge < -0.3 is 0 Å². The Morgan fingerprint density at radius 2 is 0.889 bits per heavy atom. The van der Waals surface area contributed by atoms with E-state index < -0.39 is 13.5 Å². The minimum absolute atomic E-state index is 0.401. The van der Waals surface area contributed by atoms with E-state index in [9.17, 15) is 0 Å². The molecule has 0 radical (unpaired) electrons. The van der Waals surface area contributed by atoms with Crippen LogP contribution in [0.3, 0.4) is 0 Å². The number of benzene rings is 6. The summed E-state index contributed by atoms with van der Waals surface area (Å²) < 4.78 is 0. The lowest BCUT2D eigenvalue weighted by molar-refractivity contribution is 0.769. The first kappa shape index (κ1) is 27.3. The Bertz CT molecular complexity index is 1960. The lowest BCUT2D eigenvalue weighted by Crippen LogP contribution is -2.68. The van der Waals surface area contributed by atoms with E-state index in [0.29, 0.717) is 0 Å². The number of hydrogen-bond acceptors (Lipinski definition) is 0. The summed E-state index contributed by atoms with van der Waals surface area (Å²) in [7, 11) is -2.63. The zero-order valence-corrected chi connectivity index (χ0v) is 26.2. The van der Waals surface area contributed by atoms with Crippen molar-refractivity contribution >= 4 is 23.6 Å². The van der Waals surface area contributed by atoms with Crippen molar-refractivity contribution < 1.29 is 0 Å². The van der Waals surface area contributed by atoms with E-state index in [4.69, 9.17) is 0 Å². The maximum Gasteiger partial charge on any atom is 0.0713 e. The third-order valence-corrected chi connectivity index (χ3v) is 14.6. The van der Waals surface area contributed by atoms with E-state index in [2.05, 4.69) is 194 Å². The van der Waals surface area contributed by atoms with Crippen LogP contribution in [-0.2, 0) is 5.41 Å². The van der Waals surface area contributed by atoms with Gasteiger partial charge in [0.05, 0.1) is 5.41 Å². The summed E-state index contributed by atoms with van der Waals surface area (Å²) in [6.45, 7) is 0. The first-order chi connectivity index (χ1) is 22.3. The van der Waals surface area contributed by atoms with Gasteiger partial charge in [-0.05, 0) is 47.9 Å². The Balaban J connectivity index is 1.41. The van der Waals surface area contributed by atoms with E-state index in [1.807, 2.05) is 0 Å². The summed E-state index contributed by atoms with van der Waals surface area (Å²) in [6.07, 6.45) is 12.4. The third kappa shape index (κ3) is 4.19. The molecule has 215 valence electrons. The summed E-state index contributed by atoms with van der Waals surface area (Å²) in [6, 6.07) is 61.2. The van der Waals surface area contributed by atoms with Crippen LogP contribution >= 0.6 is 0 Å². The second kappa shape index (κ2) is 11.4. The van der Waals surface area contributed by atoms with Gasteiger partial charge in [0.25, 0.3) is 0 Å². The van der Waals surface area contributed by atoms with E-state index in [1.165, 1.54) is 54.1 Å². The number of hydrogen-bond donors (Lipinski definition) is 0. The van der Waals surface area contributed by atoms with Gasteiger partial charge in [0, 0.05) is 0 Å². The molecular formula is C44H34Si-. The molecule has 0 bridgehead atoms. The molecule has 0 unspecified atom stereocenters. The van der Waals surface area contributed by atoms with Crippen LogP contribution in [0.2, 0.25) is 0 Å². The van der Waals surface area contributed by atoms with Crippen molar-refractivity contribution in [3.8, 4) is 11.1 Å². The lowest BCUT2D eigenvalue weighted by Gasteiger charge is -2.48. The van der Waals surface area contributed by atoms with Crippen LogP contribution in [-0.4, -0.2) is 8.07 Å². The molecule has 0 amide bonds. The molecule has 0 fully saturated rings. The summed E-state index contributed by atoms with van der Waals surface area (Å²) in [5, 5.41) is 5.61. The molecule has 0 atom stereocenters. The zero-order valence-electron chi connectivity index (χ0n) is 25.2. The highest BCUT2D eigenvalue weighted by atomic mass is 28.3. The molecule has 0 spiro atoms. The molecule has 6 aromatic rings. The van der Waals surface area contributed by atoms with E-state index in [0.717, 1.165) is 6.42 Å². The predicted molar refractivity (Wildman–Crippen MR) is 192 cm³/mol. The van der Waals surface area contributed by atoms with E-state index >= 15 is 0 Å². The van der Waals surface area contributed by atoms with Gasteiger partial charge in [-0.3, -0.25) is 0 Å². The first-order valence-corrected chi connectivity index (χ1v) is 17.9. The average molecular weight is 591 g/mol. The summed E-state index contributed by atoms with van der Waals surface area (Å²) in [5.74, 6) is 0. The minimum Gasteiger partial charge on any atom is -0.175 e. The SMILES string of the molecule is C1=CCC=C([Si-](c2ccccc2)(c2ccccc2)c2ccc(C3(c4ccccc4)c4ccccc4-c4ccccc43)cc2)C=C1. The molecule has 2 aliphatic rings. The van der Waals surface area contributed by atoms with Crippen molar-refractivity contribution in [2.24, 2.45) is 0 Å². The van der Waals surface area contributed by atoms with Crippen LogP contribution in [0, 0.1) is 0 Å². The first-order valence-electron chi connectivity index (χ1n) is 15.9. The summed E-state index contributed by atoms with van der Waals surface area (Å²) >= 11 is 0. The van der Waals surface area contributed by atoms with Crippen molar-refractivity contribution in [1.29, 1.82) is 0 Å². The standard InChI is InChI=1S/C44H34Si/c1-2-9-21-36(20-8-1)45(37-22-10-4-11-23-37,38-24-12-5-13-25-38)39-32-30-35(31-33-39)44(34-18-6-3-7-19-34)42-28-16-14-26-40(42)41-27-15-17-29-43(41)44/h1-8,10-33H,9H2/q-1. The fraction of sp³-hybridized carbons (Fsp3) is 0.0455. The Morgan fingerprint density at radius 3 is 1.47 bits per heavy atom. The average Bonchev–Trinajstić information content (AvgIpc) is 3.22. The second-order valence-corrected chi connectivity index (χ2v) is 15.8. The van der Waals surface area contributed by atoms with Gasteiger partial charge >= 0.3 is 0 Å². The fourth-order valence-corrected chi connectivity index (χ4v) is 12.7. The zero-order chi connectivity index (χ0) is 30.1. The summed E-state index contributed by atoms with van der Waals surface area (Å²) in [4.78, 5) is 0. The van der Waals surface area contributed by atoms with Crippen LogP contribution in [0.5, 0.6) is 0 Å². The third-order valence-electron chi connectivity index (χ3n) is 9.75. The van der Waals surface area contributed by atoms with Crippen LogP contribution in [0.4, 0.5) is 0 Å². The van der Waals surface area contributed by atoms with Gasteiger partial charge in [0.1, 0.15) is 0 Å². The van der Waals surface area contributed by atoms with Gasteiger partial charge in [-0.2, -0.15) is 20.8 Å². The van der Waals surface area contributed by atoms with Gasteiger partial charge in [0.15, 0.2) is 0 Å². The Labute approximate surface area is 267 Å². The molecule has 0 heterocycles. The molecular weight excluding hydrogens is 557 g/mol. The highest BCUT2D eigenvalue weighted by Gasteiger charge is 2.45. The maximum absolute atomic E-state index is 2.63. The highest BCUT2D eigenvalue weighted by molar-refractivity contribution is 7.16. The number of allylic oxidation sites excluding steroid dienone is 6. The molecule has 0 nitrogen and oxygen atoms in total. The van der Waals surface area contributed by atoms with Gasteiger partial charge in [-0.15, -0.1) is 6.08 Å². The van der Waals surface area contributed by atoms with Gasteiger partial charge in [-0.25, -0.2) is 0 Å². The summed E-state index contributed by atoms with van der Waals surface area (Å²) in [5.41, 5.74) is 7.53. The molecule has 1 heteroatoms. The minimum atomic E-state index is -2.63. The lowest BCUT2D eigenvalue weighted by atomic mass is 9.68. The maximum atomic E-state index is 2.45. The van der Waals surface area contributed by atoms with E-state index in [1.54, 1.807) is 0 Å². The van der Waals surface area contributed by atoms with Crippen molar-refractivity contribution in [2.75, 3.05) is 0 Å².